The summed E-state index contributed by atoms with van der Waals surface area (Å²) in [7, 11) is 1.68. The molecule has 0 saturated heterocycles. The third-order valence-corrected chi connectivity index (χ3v) is 5.45. The minimum Gasteiger partial charge on any atom is -0.489 e. The zero-order valence-electron chi connectivity index (χ0n) is 19.3. The summed E-state index contributed by atoms with van der Waals surface area (Å²) >= 11 is 0. The second-order valence-corrected chi connectivity index (χ2v) is 7.81. The molecular formula is C28H25N3O4. The molecule has 35 heavy (non-hydrogen) atoms. The standard InChI is InChI=1S/C28H25N3O4/c1-29-25(16-20-8-4-2-5-9-20)28(33)35-27-24(17-32)26(30-19-31-27)22-12-14-23(15-13-22)34-18-21-10-6-3-7-11-21/h2-15,17,19,25,29H,16,18H2,1H3/t25-/m0/s1. The van der Waals surface area contributed by atoms with Crippen molar-refractivity contribution >= 4 is 12.3 Å². The summed E-state index contributed by atoms with van der Waals surface area (Å²) in [5.74, 6) is 0.0743. The highest BCUT2D eigenvalue weighted by Crippen LogP contribution is 2.27. The van der Waals surface area contributed by atoms with E-state index in [9.17, 15) is 9.59 Å². The molecule has 4 aromatic rings. The molecule has 0 amide bonds. The molecule has 7 heteroatoms. The van der Waals surface area contributed by atoms with Gasteiger partial charge in [0, 0.05) is 5.56 Å². The summed E-state index contributed by atoms with van der Waals surface area (Å²) in [6.07, 6.45) is 2.31. The van der Waals surface area contributed by atoms with Gasteiger partial charge in [-0.25, -0.2) is 14.8 Å². The van der Waals surface area contributed by atoms with E-state index < -0.39 is 12.0 Å². The number of nitrogens with one attached hydrogen (secondary N) is 1. The van der Waals surface area contributed by atoms with Crippen LogP contribution in [0, 0.1) is 0 Å². The minimum absolute atomic E-state index is 0.0762. The predicted molar refractivity (Wildman–Crippen MR) is 132 cm³/mol. The number of rotatable bonds is 10. The Hall–Kier alpha value is -4.36. The summed E-state index contributed by atoms with van der Waals surface area (Å²) in [5.41, 5.74) is 3.20. The molecule has 0 aliphatic rings. The highest BCUT2D eigenvalue weighted by Gasteiger charge is 2.23. The van der Waals surface area contributed by atoms with Crippen molar-refractivity contribution in [2.24, 2.45) is 0 Å². The van der Waals surface area contributed by atoms with Crippen LogP contribution in [0.3, 0.4) is 0 Å². The average Bonchev–Trinajstić information content (AvgIpc) is 2.92. The molecule has 0 bridgehead atoms. The number of ether oxygens (including phenoxy) is 2. The Morgan fingerprint density at radius 2 is 1.57 bits per heavy atom. The van der Waals surface area contributed by atoms with Gasteiger partial charge >= 0.3 is 5.97 Å². The first-order valence-corrected chi connectivity index (χ1v) is 11.2. The topological polar surface area (TPSA) is 90.4 Å². The zero-order valence-corrected chi connectivity index (χ0v) is 19.3. The van der Waals surface area contributed by atoms with Gasteiger partial charge in [0.15, 0.2) is 6.29 Å². The largest absolute Gasteiger partial charge is 0.489 e. The van der Waals surface area contributed by atoms with Crippen molar-refractivity contribution in [1.29, 1.82) is 0 Å². The van der Waals surface area contributed by atoms with Crippen LogP contribution in [0.25, 0.3) is 11.3 Å². The van der Waals surface area contributed by atoms with E-state index in [-0.39, 0.29) is 11.4 Å². The minimum atomic E-state index is -0.601. The number of esters is 1. The Bertz CT molecular complexity index is 1260. The Morgan fingerprint density at radius 3 is 2.20 bits per heavy atom. The van der Waals surface area contributed by atoms with E-state index in [1.807, 2.05) is 60.7 Å². The number of aromatic nitrogens is 2. The Kier molecular flexibility index (Phi) is 7.93. The van der Waals surface area contributed by atoms with Gasteiger partial charge in [-0.3, -0.25) is 4.79 Å². The molecule has 0 saturated carbocycles. The van der Waals surface area contributed by atoms with Gasteiger partial charge in [-0.15, -0.1) is 0 Å². The molecule has 1 N–H and O–H groups in total. The molecule has 1 aromatic heterocycles. The van der Waals surface area contributed by atoms with Gasteiger partial charge in [0.05, 0.1) is 5.69 Å². The van der Waals surface area contributed by atoms with Gasteiger partial charge in [-0.05, 0) is 48.9 Å². The molecule has 1 heterocycles. The molecule has 176 valence electrons. The number of likely N-dealkylation sites (N-methyl/N-ethyl adjacent to an activating group) is 1. The monoisotopic (exact) mass is 467 g/mol. The lowest BCUT2D eigenvalue weighted by Gasteiger charge is -2.16. The SMILES string of the molecule is CN[C@@H](Cc1ccccc1)C(=O)Oc1ncnc(-c2ccc(OCc3ccccc3)cc2)c1C=O. The van der Waals surface area contributed by atoms with Crippen molar-refractivity contribution in [3.63, 3.8) is 0 Å². The molecule has 0 spiro atoms. The van der Waals surface area contributed by atoms with E-state index in [0.717, 1.165) is 11.1 Å². The number of nitrogens with zero attached hydrogens (tertiary/aromatic N) is 2. The normalized spacial score (nSPS) is 11.5. The lowest BCUT2D eigenvalue weighted by Crippen LogP contribution is -2.39. The number of benzene rings is 3. The average molecular weight is 468 g/mol. The highest BCUT2D eigenvalue weighted by atomic mass is 16.5. The Morgan fingerprint density at radius 1 is 0.914 bits per heavy atom. The first kappa shape index (κ1) is 23.8. The summed E-state index contributed by atoms with van der Waals surface area (Å²) in [4.78, 5) is 33.1. The second-order valence-electron chi connectivity index (χ2n) is 7.81. The molecule has 0 fully saturated rings. The van der Waals surface area contributed by atoms with Gasteiger partial charge in [0.2, 0.25) is 5.88 Å². The smallest absolute Gasteiger partial charge is 0.330 e. The van der Waals surface area contributed by atoms with Gasteiger partial charge in [0.1, 0.15) is 30.3 Å². The third kappa shape index (κ3) is 6.16. The van der Waals surface area contributed by atoms with Crippen molar-refractivity contribution in [2.45, 2.75) is 19.1 Å². The fourth-order valence-corrected chi connectivity index (χ4v) is 3.57. The molecule has 0 unspecified atom stereocenters. The Labute approximate surface area is 203 Å². The van der Waals surface area contributed by atoms with Crippen LogP contribution in [0.1, 0.15) is 21.5 Å². The maximum absolute atomic E-state index is 12.8. The molecule has 4 rings (SSSR count). The predicted octanol–water partition coefficient (Wildman–Crippen LogP) is 4.27. The van der Waals surface area contributed by atoms with Crippen LogP contribution >= 0.6 is 0 Å². The molecular weight excluding hydrogens is 442 g/mol. The van der Waals surface area contributed by atoms with Crippen LogP contribution in [0.4, 0.5) is 0 Å². The Balaban J connectivity index is 1.48. The fourth-order valence-electron chi connectivity index (χ4n) is 3.57. The van der Waals surface area contributed by atoms with Gasteiger partial charge in [-0.2, -0.15) is 0 Å². The van der Waals surface area contributed by atoms with Crippen LogP contribution in [-0.2, 0) is 17.8 Å². The number of carbonyl (C=O) groups excluding carboxylic acids is 2. The van der Waals surface area contributed by atoms with Crippen molar-refractivity contribution in [2.75, 3.05) is 7.05 Å². The third-order valence-electron chi connectivity index (χ3n) is 5.45. The van der Waals surface area contributed by atoms with Crippen molar-refractivity contribution in [3.8, 4) is 22.9 Å². The van der Waals surface area contributed by atoms with Gasteiger partial charge < -0.3 is 14.8 Å². The van der Waals surface area contributed by atoms with Crippen LogP contribution < -0.4 is 14.8 Å². The maximum Gasteiger partial charge on any atom is 0.330 e. The molecule has 1 atom stereocenters. The first-order valence-electron chi connectivity index (χ1n) is 11.2. The van der Waals surface area contributed by atoms with Crippen LogP contribution in [0.15, 0.2) is 91.3 Å². The highest BCUT2D eigenvalue weighted by molar-refractivity contribution is 5.90. The van der Waals surface area contributed by atoms with Gasteiger partial charge in [0.25, 0.3) is 0 Å². The summed E-state index contributed by atoms with van der Waals surface area (Å²) in [5, 5.41) is 2.96. The summed E-state index contributed by atoms with van der Waals surface area (Å²) in [6, 6.07) is 26.1. The van der Waals surface area contributed by atoms with E-state index in [2.05, 4.69) is 15.3 Å². The summed E-state index contributed by atoms with van der Waals surface area (Å²) < 4.78 is 11.4. The van der Waals surface area contributed by atoms with Crippen LogP contribution in [0.5, 0.6) is 11.6 Å². The summed E-state index contributed by atoms with van der Waals surface area (Å²) in [6.45, 7) is 0.447. The van der Waals surface area contributed by atoms with E-state index in [0.29, 0.717) is 36.3 Å². The van der Waals surface area contributed by atoms with Crippen LogP contribution in [-0.4, -0.2) is 35.3 Å². The number of aldehydes is 1. The maximum atomic E-state index is 12.8. The molecule has 0 aliphatic heterocycles. The number of hydrogen-bond donors (Lipinski definition) is 1. The molecule has 0 aliphatic carbocycles. The van der Waals surface area contributed by atoms with E-state index >= 15 is 0 Å². The second kappa shape index (κ2) is 11.7. The van der Waals surface area contributed by atoms with Crippen molar-refractivity contribution < 1.29 is 19.1 Å². The quantitative estimate of drug-likeness (QED) is 0.275. The van der Waals surface area contributed by atoms with E-state index in [1.54, 1.807) is 31.3 Å². The fraction of sp³-hybridized carbons (Fsp3) is 0.143. The number of carbonyl (C=O) groups is 2. The lowest BCUT2D eigenvalue weighted by atomic mass is 10.1. The van der Waals surface area contributed by atoms with Crippen molar-refractivity contribution in [3.05, 3.63) is 108 Å². The van der Waals surface area contributed by atoms with Crippen molar-refractivity contribution in [1.82, 2.24) is 15.3 Å². The lowest BCUT2D eigenvalue weighted by molar-refractivity contribution is -0.136. The number of hydrogen-bond acceptors (Lipinski definition) is 7. The molecule has 0 radical (unpaired) electrons. The first-order chi connectivity index (χ1) is 17.2. The molecule has 3 aromatic carbocycles. The van der Waals surface area contributed by atoms with E-state index in [4.69, 9.17) is 9.47 Å². The molecule has 7 nitrogen and oxygen atoms in total. The van der Waals surface area contributed by atoms with E-state index in [1.165, 1.54) is 6.33 Å². The van der Waals surface area contributed by atoms with Crippen LogP contribution in [0.2, 0.25) is 0 Å². The zero-order chi connectivity index (χ0) is 24.5. The van der Waals surface area contributed by atoms with Gasteiger partial charge in [-0.1, -0.05) is 60.7 Å².